The van der Waals surface area contributed by atoms with Crippen LogP contribution in [0, 0.1) is 6.92 Å². The fraction of sp³-hybridized carbons (Fsp3) is 0.467. The van der Waals surface area contributed by atoms with Crippen molar-refractivity contribution in [3.8, 4) is 0 Å². The first-order chi connectivity index (χ1) is 10.4. The highest BCUT2D eigenvalue weighted by molar-refractivity contribution is 7.89. The zero-order valence-corrected chi connectivity index (χ0v) is 13.6. The standard InChI is InChI=1S/C15H21N3O3S/c1-11-7-9-14(10-8-11)22(20,21)18-12(2)15(19)17-16-13-5-3-4-6-13/h7-10,12,18H,3-6H2,1-2H3,(H,17,19). The number of hydrazone groups is 1. The third-order valence-electron chi connectivity index (χ3n) is 3.56. The van der Waals surface area contributed by atoms with Crippen LogP contribution in [0.5, 0.6) is 0 Å². The van der Waals surface area contributed by atoms with Crippen LogP contribution < -0.4 is 10.1 Å². The zero-order chi connectivity index (χ0) is 16.2. The molecule has 1 aliphatic carbocycles. The van der Waals surface area contributed by atoms with Crippen molar-refractivity contribution >= 4 is 21.6 Å². The summed E-state index contributed by atoms with van der Waals surface area (Å²) in [5.74, 6) is -0.463. The second-order valence-electron chi connectivity index (χ2n) is 5.52. The molecule has 120 valence electrons. The Morgan fingerprint density at radius 2 is 1.77 bits per heavy atom. The van der Waals surface area contributed by atoms with Crippen LogP contribution in [0.25, 0.3) is 0 Å². The molecule has 2 N–H and O–H groups in total. The van der Waals surface area contributed by atoms with Crippen molar-refractivity contribution in [2.75, 3.05) is 0 Å². The molecule has 7 heteroatoms. The molecule has 0 heterocycles. The molecule has 0 saturated heterocycles. The minimum Gasteiger partial charge on any atom is -0.271 e. The lowest BCUT2D eigenvalue weighted by molar-refractivity contribution is -0.122. The van der Waals surface area contributed by atoms with Gasteiger partial charge in [-0.15, -0.1) is 0 Å². The molecule has 0 radical (unpaired) electrons. The molecule has 6 nitrogen and oxygen atoms in total. The number of rotatable bonds is 5. The summed E-state index contributed by atoms with van der Waals surface area (Å²) < 4.78 is 26.7. The molecule has 1 fully saturated rings. The van der Waals surface area contributed by atoms with E-state index in [0.29, 0.717) is 0 Å². The Kier molecular flexibility index (Phi) is 5.31. The Morgan fingerprint density at radius 3 is 2.36 bits per heavy atom. The highest BCUT2D eigenvalue weighted by atomic mass is 32.2. The van der Waals surface area contributed by atoms with Gasteiger partial charge in [0.25, 0.3) is 5.91 Å². The monoisotopic (exact) mass is 323 g/mol. The van der Waals surface area contributed by atoms with E-state index in [1.165, 1.54) is 19.1 Å². The van der Waals surface area contributed by atoms with E-state index in [4.69, 9.17) is 0 Å². The molecule has 1 amide bonds. The topological polar surface area (TPSA) is 87.6 Å². The SMILES string of the molecule is Cc1ccc(S(=O)(=O)NC(C)C(=O)NN=C2CCCC2)cc1. The molecule has 0 aromatic heterocycles. The van der Waals surface area contributed by atoms with Gasteiger partial charge < -0.3 is 0 Å². The summed E-state index contributed by atoms with van der Waals surface area (Å²) in [6.07, 6.45) is 3.96. The maximum Gasteiger partial charge on any atom is 0.257 e. The maximum absolute atomic E-state index is 12.2. The number of carbonyl (C=O) groups is 1. The highest BCUT2D eigenvalue weighted by Gasteiger charge is 2.22. The second-order valence-corrected chi connectivity index (χ2v) is 7.23. The number of hydrogen-bond acceptors (Lipinski definition) is 4. The lowest BCUT2D eigenvalue weighted by atomic mass is 10.2. The summed E-state index contributed by atoms with van der Waals surface area (Å²) >= 11 is 0. The predicted molar refractivity (Wildman–Crippen MR) is 85.0 cm³/mol. The first kappa shape index (κ1) is 16.6. The van der Waals surface area contributed by atoms with E-state index in [1.807, 2.05) is 6.92 Å². The van der Waals surface area contributed by atoms with Gasteiger partial charge in [0.2, 0.25) is 10.0 Å². The van der Waals surface area contributed by atoms with Gasteiger partial charge in [0.05, 0.1) is 10.9 Å². The normalized spacial score (nSPS) is 16.4. The number of carbonyl (C=O) groups excluding carboxylic acids is 1. The Bertz CT molecular complexity index is 658. The van der Waals surface area contributed by atoms with Crippen LogP contribution in [0.1, 0.15) is 38.2 Å². The molecular weight excluding hydrogens is 302 g/mol. The lowest BCUT2D eigenvalue weighted by Gasteiger charge is -2.13. The average Bonchev–Trinajstić information content (AvgIpc) is 2.98. The molecule has 1 aliphatic rings. The van der Waals surface area contributed by atoms with Gasteiger partial charge in [-0.05, 0) is 51.7 Å². The highest BCUT2D eigenvalue weighted by Crippen LogP contribution is 2.14. The largest absolute Gasteiger partial charge is 0.271 e. The van der Waals surface area contributed by atoms with Gasteiger partial charge in [-0.1, -0.05) is 17.7 Å². The van der Waals surface area contributed by atoms with Gasteiger partial charge in [-0.25, -0.2) is 13.8 Å². The summed E-state index contributed by atoms with van der Waals surface area (Å²) in [5, 5.41) is 4.04. The van der Waals surface area contributed by atoms with Crippen molar-refractivity contribution in [2.45, 2.75) is 50.5 Å². The number of sulfonamides is 1. The molecule has 0 aliphatic heterocycles. The number of hydrogen-bond donors (Lipinski definition) is 2. The van der Waals surface area contributed by atoms with Crippen molar-refractivity contribution in [1.29, 1.82) is 0 Å². The molecule has 0 bridgehead atoms. The van der Waals surface area contributed by atoms with E-state index in [0.717, 1.165) is 37.0 Å². The summed E-state index contributed by atoms with van der Waals surface area (Å²) in [6, 6.07) is 5.57. The van der Waals surface area contributed by atoms with E-state index in [1.54, 1.807) is 12.1 Å². The summed E-state index contributed by atoms with van der Waals surface area (Å²) in [6.45, 7) is 3.37. The first-order valence-corrected chi connectivity index (χ1v) is 8.81. The van der Waals surface area contributed by atoms with E-state index in [-0.39, 0.29) is 4.90 Å². The zero-order valence-electron chi connectivity index (χ0n) is 12.8. The predicted octanol–water partition coefficient (Wildman–Crippen LogP) is 1.71. The molecule has 0 spiro atoms. The lowest BCUT2D eigenvalue weighted by Crippen LogP contribution is -2.43. The Hall–Kier alpha value is -1.73. The van der Waals surface area contributed by atoms with Gasteiger partial charge in [0, 0.05) is 5.71 Å². The van der Waals surface area contributed by atoms with Crippen molar-refractivity contribution in [3.05, 3.63) is 29.8 Å². The average molecular weight is 323 g/mol. The fourth-order valence-electron chi connectivity index (χ4n) is 2.20. The van der Waals surface area contributed by atoms with E-state index in [9.17, 15) is 13.2 Å². The van der Waals surface area contributed by atoms with Gasteiger partial charge >= 0.3 is 0 Å². The Morgan fingerprint density at radius 1 is 1.18 bits per heavy atom. The number of aryl methyl sites for hydroxylation is 1. The molecule has 1 aromatic carbocycles. The molecule has 1 atom stereocenters. The van der Waals surface area contributed by atoms with Crippen LogP contribution >= 0.6 is 0 Å². The van der Waals surface area contributed by atoms with Gasteiger partial charge in [-0.2, -0.15) is 9.82 Å². The van der Waals surface area contributed by atoms with E-state index in [2.05, 4.69) is 15.2 Å². The number of benzene rings is 1. The molecule has 22 heavy (non-hydrogen) atoms. The van der Waals surface area contributed by atoms with E-state index >= 15 is 0 Å². The summed E-state index contributed by atoms with van der Waals surface area (Å²) in [4.78, 5) is 12.1. The Labute approximate surface area is 131 Å². The van der Waals surface area contributed by atoms with Crippen LogP contribution in [0.2, 0.25) is 0 Å². The quantitative estimate of drug-likeness (QED) is 0.809. The van der Waals surface area contributed by atoms with Crippen molar-refractivity contribution in [3.63, 3.8) is 0 Å². The van der Waals surface area contributed by atoms with E-state index < -0.39 is 22.0 Å². The molecule has 1 unspecified atom stereocenters. The summed E-state index contributed by atoms with van der Waals surface area (Å²) in [5.41, 5.74) is 4.36. The van der Waals surface area contributed by atoms with Crippen LogP contribution in [0.4, 0.5) is 0 Å². The van der Waals surface area contributed by atoms with Crippen molar-refractivity contribution in [1.82, 2.24) is 10.1 Å². The maximum atomic E-state index is 12.2. The number of nitrogens with zero attached hydrogens (tertiary/aromatic N) is 1. The minimum atomic E-state index is -3.72. The van der Waals surface area contributed by atoms with Gasteiger partial charge in [0.15, 0.2) is 0 Å². The first-order valence-electron chi connectivity index (χ1n) is 7.33. The number of amides is 1. The summed E-state index contributed by atoms with van der Waals surface area (Å²) in [7, 11) is -3.72. The van der Waals surface area contributed by atoms with Crippen molar-refractivity contribution in [2.24, 2.45) is 5.10 Å². The van der Waals surface area contributed by atoms with Crippen LogP contribution in [0.3, 0.4) is 0 Å². The van der Waals surface area contributed by atoms with Crippen LogP contribution in [-0.2, 0) is 14.8 Å². The van der Waals surface area contributed by atoms with Crippen molar-refractivity contribution < 1.29 is 13.2 Å². The van der Waals surface area contributed by atoms with Crippen LogP contribution in [-0.4, -0.2) is 26.1 Å². The molecular formula is C15H21N3O3S. The fourth-order valence-corrected chi connectivity index (χ4v) is 3.40. The minimum absolute atomic E-state index is 0.139. The smallest absolute Gasteiger partial charge is 0.257 e. The molecule has 1 aromatic rings. The van der Waals surface area contributed by atoms with Gasteiger partial charge in [-0.3, -0.25) is 4.79 Å². The molecule has 2 rings (SSSR count). The third-order valence-corrected chi connectivity index (χ3v) is 5.12. The number of nitrogens with one attached hydrogen (secondary N) is 2. The Balaban J connectivity index is 1.97. The van der Waals surface area contributed by atoms with Gasteiger partial charge in [0.1, 0.15) is 0 Å². The second kappa shape index (κ2) is 7.02. The van der Waals surface area contributed by atoms with Crippen LogP contribution in [0.15, 0.2) is 34.3 Å². The molecule has 1 saturated carbocycles. The third kappa shape index (κ3) is 4.38.